The van der Waals surface area contributed by atoms with E-state index in [-0.39, 0.29) is 25.0 Å². The molecule has 0 saturated carbocycles. The van der Waals surface area contributed by atoms with Crippen molar-refractivity contribution in [3.8, 4) is 0 Å². The largest absolute Gasteiger partial charge is 0.480 e. The highest BCUT2D eigenvalue weighted by atomic mass is 32.1. The fourth-order valence-corrected chi connectivity index (χ4v) is 2.03. The van der Waals surface area contributed by atoms with Gasteiger partial charge < -0.3 is 26.2 Å². The molecule has 0 saturated heterocycles. The predicted molar refractivity (Wildman–Crippen MR) is 90.1 cm³/mol. The summed E-state index contributed by atoms with van der Waals surface area (Å²) in [5, 5.41) is 24.3. The van der Waals surface area contributed by atoms with Gasteiger partial charge in [0, 0.05) is 18.6 Å². The summed E-state index contributed by atoms with van der Waals surface area (Å²) in [6, 6.07) is -2.26. The van der Waals surface area contributed by atoms with Crippen LogP contribution in [-0.2, 0) is 24.0 Å². The molecule has 5 N–H and O–H groups in total. The molecule has 2 unspecified atom stereocenters. The quantitative estimate of drug-likeness (QED) is 0.232. The van der Waals surface area contributed by atoms with Crippen LogP contribution in [0.3, 0.4) is 0 Å². The molecular formula is C14H23N3O7S. The smallest absolute Gasteiger partial charge is 0.326 e. The molecule has 0 aliphatic heterocycles. The van der Waals surface area contributed by atoms with Crippen molar-refractivity contribution in [3.63, 3.8) is 0 Å². The number of carbonyl (C=O) groups is 5. The predicted octanol–water partition coefficient (Wildman–Crippen LogP) is -1.25. The van der Waals surface area contributed by atoms with Gasteiger partial charge in [0.15, 0.2) is 0 Å². The number of rotatable bonds is 12. The van der Waals surface area contributed by atoms with Crippen molar-refractivity contribution in [3.05, 3.63) is 0 Å². The minimum atomic E-state index is -1.26. The van der Waals surface area contributed by atoms with Crippen LogP contribution in [0.4, 0.5) is 0 Å². The van der Waals surface area contributed by atoms with Crippen molar-refractivity contribution in [2.45, 2.75) is 44.7 Å². The Morgan fingerprint density at radius 2 is 1.52 bits per heavy atom. The van der Waals surface area contributed by atoms with Crippen LogP contribution >= 0.6 is 12.6 Å². The molecule has 0 bridgehead atoms. The van der Waals surface area contributed by atoms with Gasteiger partial charge in [-0.25, -0.2) is 4.79 Å². The third-order valence-electron chi connectivity index (χ3n) is 3.02. The second-order valence-electron chi connectivity index (χ2n) is 5.16. The second-order valence-corrected chi connectivity index (χ2v) is 5.53. The summed E-state index contributed by atoms with van der Waals surface area (Å²) < 4.78 is 0. The highest BCUT2D eigenvalue weighted by Gasteiger charge is 2.23. The Balaban J connectivity index is 4.48. The van der Waals surface area contributed by atoms with Gasteiger partial charge in [0.25, 0.3) is 0 Å². The van der Waals surface area contributed by atoms with Crippen molar-refractivity contribution in [2.24, 2.45) is 0 Å². The van der Waals surface area contributed by atoms with Gasteiger partial charge in [-0.05, 0) is 12.8 Å². The molecule has 0 rings (SSSR count). The molecule has 142 valence electrons. The fraction of sp³-hybridized carbons (Fsp3) is 0.643. The van der Waals surface area contributed by atoms with E-state index in [0.717, 1.165) is 0 Å². The van der Waals surface area contributed by atoms with E-state index >= 15 is 0 Å². The molecule has 25 heavy (non-hydrogen) atoms. The van der Waals surface area contributed by atoms with Gasteiger partial charge in [0.1, 0.15) is 18.6 Å². The summed E-state index contributed by atoms with van der Waals surface area (Å²) in [4.78, 5) is 56.5. The first-order chi connectivity index (χ1) is 11.7. The summed E-state index contributed by atoms with van der Waals surface area (Å²) in [6.45, 7) is 1.18. The highest BCUT2D eigenvalue weighted by molar-refractivity contribution is 7.80. The van der Waals surface area contributed by atoms with E-state index in [1.807, 2.05) is 0 Å². The van der Waals surface area contributed by atoms with Crippen LogP contribution in [0.1, 0.15) is 32.6 Å². The van der Waals surface area contributed by atoms with Crippen molar-refractivity contribution < 1.29 is 34.2 Å². The number of carbonyl (C=O) groups excluding carboxylic acids is 3. The first-order valence-electron chi connectivity index (χ1n) is 7.63. The maximum atomic E-state index is 11.8. The number of amides is 3. The Morgan fingerprint density at radius 1 is 0.960 bits per heavy atom. The lowest BCUT2D eigenvalue weighted by molar-refractivity contribution is -0.142. The van der Waals surface area contributed by atoms with Crippen LogP contribution in [0, 0.1) is 0 Å². The Hall–Kier alpha value is -2.30. The van der Waals surface area contributed by atoms with E-state index in [2.05, 4.69) is 28.6 Å². The van der Waals surface area contributed by atoms with Gasteiger partial charge in [0.2, 0.25) is 17.7 Å². The SMILES string of the molecule is CCCC(=O)NC(CCC(=O)NC(CS)C(=O)NCC(=O)O)C(=O)O. The minimum absolute atomic E-state index is 0.0627. The van der Waals surface area contributed by atoms with Crippen molar-refractivity contribution in [1.82, 2.24) is 16.0 Å². The van der Waals surface area contributed by atoms with E-state index in [9.17, 15) is 24.0 Å². The first kappa shape index (κ1) is 22.7. The number of nitrogens with one attached hydrogen (secondary N) is 3. The maximum absolute atomic E-state index is 11.8. The first-order valence-corrected chi connectivity index (χ1v) is 8.26. The van der Waals surface area contributed by atoms with Crippen LogP contribution in [0.5, 0.6) is 0 Å². The normalized spacial score (nSPS) is 12.6. The number of carboxylic acid groups (broad SMARTS) is 2. The lowest BCUT2D eigenvalue weighted by Crippen LogP contribution is -2.49. The fourth-order valence-electron chi connectivity index (χ4n) is 1.77. The third-order valence-corrected chi connectivity index (χ3v) is 3.38. The standard InChI is InChI=1S/C14H23N3O7S/c1-2-3-10(18)16-8(14(23)24)4-5-11(19)17-9(7-25)13(22)15-6-12(20)21/h8-9,25H,2-7H2,1H3,(H,15,22)(H,16,18)(H,17,19)(H,20,21)(H,23,24). The van der Waals surface area contributed by atoms with Gasteiger partial charge in [-0.2, -0.15) is 12.6 Å². The summed E-state index contributed by atoms with van der Waals surface area (Å²) in [7, 11) is 0. The molecule has 0 heterocycles. The van der Waals surface area contributed by atoms with E-state index in [4.69, 9.17) is 10.2 Å². The molecule has 3 amide bonds. The van der Waals surface area contributed by atoms with E-state index in [0.29, 0.717) is 6.42 Å². The zero-order chi connectivity index (χ0) is 19.4. The van der Waals surface area contributed by atoms with E-state index in [1.54, 1.807) is 6.92 Å². The maximum Gasteiger partial charge on any atom is 0.326 e. The van der Waals surface area contributed by atoms with E-state index < -0.39 is 48.3 Å². The zero-order valence-corrected chi connectivity index (χ0v) is 14.7. The molecule has 0 aromatic carbocycles. The zero-order valence-electron chi connectivity index (χ0n) is 13.8. The lowest BCUT2D eigenvalue weighted by atomic mass is 10.1. The molecule has 0 fully saturated rings. The topological polar surface area (TPSA) is 162 Å². The number of aliphatic carboxylic acids is 2. The minimum Gasteiger partial charge on any atom is -0.480 e. The highest BCUT2D eigenvalue weighted by Crippen LogP contribution is 2.01. The van der Waals surface area contributed by atoms with Crippen LogP contribution in [-0.4, -0.2) is 64.3 Å². The molecule has 2 atom stereocenters. The van der Waals surface area contributed by atoms with Crippen molar-refractivity contribution >= 4 is 42.3 Å². The van der Waals surface area contributed by atoms with Gasteiger partial charge in [-0.3, -0.25) is 19.2 Å². The molecule has 0 aromatic heterocycles. The molecule has 0 aromatic rings. The van der Waals surface area contributed by atoms with Crippen LogP contribution < -0.4 is 16.0 Å². The van der Waals surface area contributed by atoms with Crippen molar-refractivity contribution in [2.75, 3.05) is 12.3 Å². The average molecular weight is 377 g/mol. The second kappa shape index (κ2) is 12.1. The van der Waals surface area contributed by atoms with Crippen molar-refractivity contribution in [1.29, 1.82) is 0 Å². The molecule has 10 nitrogen and oxygen atoms in total. The molecule has 11 heteroatoms. The number of thiol groups is 1. The van der Waals surface area contributed by atoms with Crippen LogP contribution in [0.15, 0.2) is 0 Å². The monoisotopic (exact) mass is 377 g/mol. The van der Waals surface area contributed by atoms with E-state index in [1.165, 1.54) is 0 Å². The molecule has 0 aliphatic carbocycles. The number of hydrogen-bond donors (Lipinski definition) is 6. The van der Waals surface area contributed by atoms with Gasteiger partial charge in [0.05, 0.1) is 0 Å². The Labute approximate surface area is 150 Å². The lowest BCUT2D eigenvalue weighted by Gasteiger charge is -2.17. The summed E-state index contributed by atoms with van der Waals surface area (Å²) in [5.41, 5.74) is 0. The van der Waals surface area contributed by atoms with Crippen LogP contribution in [0.25, 0.3) is 0 Å². The molecule has 0 aliphatic rings. The summed E-state index contributed by atoms with van der Waals surface area (Å²) in [5.74, 6) is -4.30. The Kier molecular flexibility index (Phi) is 11.0. The summed E-state index contributed by atoms with van der Waals surface area (Å²) in [6.07, 6.45) is 0.363. The number of hydrogen-bond acceptors (Lipinski definition) is 6. The Morgan fingerprint density at radius 3 is 2.00 bits per heavy atom. The average Bonchev–Trinajstić information content (AvgIpc) is 2.54. The summed E-state index contributed by atoms with van der Waals surface area (Å²) >= 11 is 3.91. The molecule has 0 spiro atoms. The number of carboxylic acids is 2. The van der Waals surface area contributed by atoms with Crippen LogP contribution in [0.2, 0.25) is 0 Å². The van der Waals surface area contributed by atoms with Gasteiger partial charge in [-0.15, -0.1) is 0 Å². The Bertz CT molecular complexity index is 513. The molecule has 0 radical (unpaired) electrons. The van der Waals surface area contributed by atoms with Gasteiger partial charge >= 0.3 is 11.9 Å². The van der Waals surface area contributed by atoms with Gasteiger partial charge in [-0.1, -0.05) is 6.92 Å². The third kappa shape index (κ3) is 10.2. The molecular weight excluding hydrogens is 354 g/mol.